The van der Waals surface area contributed by atoms with Crippen molar-refractivity contribution < 1.29 is 9.53 Å². The fourth-order valence-electron chi connectivity index (χ4n) is 3.43. The summed E-state index contributed by atoms with van der Waals surface area (Å²) in [4.78, 5) is 18.5. The van der Waals surface area contributed by atoms with Crippen molar-refractivity contribution in [3.05, 3.63) is 72.8 Å². The zero-order valence-corrected chi connectivity index (χ0v) is 15.9. The molecule has 1 N–H and O–H groups in total. The van der Waals surface area contributed by atoms with Gasteiger partial charge in [0.05, 0.1) is 18.0 Å². The van der Waals surface area contributed by atoms with Gasteiger partial charge in [-0.2, -0.15) is 5.26 Å². The molecule has 146 valence electrons. The maximum absolute atomic E-state index is 12.5. The van der Waals surface area contributed by atoms with Gasteiger partial charge in [-0.25, -0.2) is 9.78 Å². The van der Waals surface area contributed by atoms with Crippen molar-refractivity contribution >= 4 is 11.7 Å². The molecule has 7 nitrogen and oxygen atoms in total. The Kier molecular flexibility index (Phi) is 5.43. The van der Waals surface area contributed by atoms with Gasteiger partial charge >= 0.3 is 6.03 Å². The second-order valence-corrected chi connectivity index (χ2v) is 6.92. The molecule has 0 radical (unpaired) electrons. The number of amides is 2. The topological polar surface area (TPSA) is 83.2 Å². The Bertz CT molecular complexity index is 1000. The number of piperidine rings is 1. The van der Waals surface area contributed by atoms with E-state index in [0.29, 0.717) is 41.9 Å². The van der Waals surface area contributed by atoms with E-state index in [1.54, 1.807) is 54.7 Å². The number of imidazole rings is 1. The van der Waals surface area contributed by atoms with Crippen molar-refractivity contribution in [2.45, 2.75) is 18.9 Å². The molecule has 0 saturated carbocycles. The largest absolute Gasteiger partial charge is 0.457 e. The molecule has 1 aliphatic rings. The Balaban J connectivity index is 1.30. The van der Waals surface area contributed by atoms with Crippen LogP contribution in [0.4, 0.5) is 10.5 Å². The van der Waals surface area contributed by atoms with Gasteiger partial charge in [0, 0.05) is 37.2 Å². The van der Waals surface area contributed by atoms with E-state index in [2.05, 4.69) is 20.9 Å². The quantitative estimate of drug-likeness (QED) is 0.718. The van der Waals surface area contributed by atoms with Gasteiger partial charge in [0.2, 0.25) is 0 Å². The molecule has 7 heteroatoms. The Morgan fingerprint density at radius 1 is 1.14 bits per heavy atom. The average Bonchev–Trinajstić information content (AvgIpc) is 3.30. The molecule has 1 aliphatic heterocycles. The number of carbonyl (C=O) groups is 1. The van der Waals surface area contributed by atoms with E-state index in [9.17, 15) is 4.79 Å². The average molecular weight is 387 g/mol. The minimum Gasteiger partial charge on any atom is -0.457 e. The molecule has 0 spiro atoms. The Morgan fingerprint density at radius 3 is 2.62 bits per heavy atom. The van der Waals surface area contributed by atoms with Crippen LogP contribution in [-0.2, 0) is 0 Å². The highest BCUT2D eigenvalue weighted by atomic mass is 16.5. The monoisotopic (exact) mass is 387 g/mol. The molecule has 1 saturated heterocycles. The number of carbonyl (C=O) groups excluding carboxylic acids is 1. The number of ether oxygens (including phenoxy) is 1. The van der Waals surface area contributed by atoms with E-state index in [-0.39, 0.29) is 6.03 Å². The number of benzene rings is 2. The van der Waals surface area contributed by atoms with Crippen molar-refractivity contribution in [1.29, 1.82) is 5.26 Å². The summed E-state index contributed by atoms with van der Waals surface area (Å²) < 4.78 is 7.87. The fraction of sp³-hybridized carbons (Fsp3) is 0.227. The number of rotatable bonds is 4. The summed E-state index contributed by atoms with van der Waals surface area (Å²) in [5.41, 5.74) is 1.26. The minimum absolute atomic E-state index is 0.0931. The number of urea groups is 1. The summed E-state index contributed by atoms with van der Waals surface area (Å²) in [7, 11) is 0. The van der Waals surface area contributed by atoms with Crippen LogP contribution in [-0.4, -0.2) is 33.6 Å². The highest BCUT2D eigenvalue weighted by molar-refractivity contribution is 5.89. The van der Waals surface area contributed by atoms with Gasteiger partial charge in [0.15, 0.2) is 0 Å². The minimum atomic E-state index is -0.0931. The first-order valence-corrected chi connectivity index (χ1v) is 9.53. The number of nitrogens with one attached hydrogen (secondary N) is 1. The van der Waals surface area contributed by atoms with Crippen LogP contribution in [0.15, 0.2) is 67.3 Å². The van der Waals surface area contributed by atoms with E-state index in [0.717, 1.165) is 12.8 Å². The third-order valence-corrected chi connectivity index (χ3v) is 5.00. The number of nitrogens with zero attached hydrogens (tertiary/aromatic N) is 4. The standard InChI is InChI=1S/C22H21N5O2/c23-15-17-2-1-3-21(14-17)29-20-6-4-18(5-7-20)25-22(28)26-11-8-19(9-12-26)27-13-10-24-16-27/h1-7,10,13-14,16,19H,8-9,11-12H2,(H,25,28). The van der Waals surface area contributed by atoms with Crippen molar-refractivity contribution in [2.75, 3.05) is 18.4 Å². The molecule has 3 aromatic rings. The summed E-state index contributed by atoms with van der Waals surface area (Å²) in [5, 5.41) is 11.9. The maximum Gasteiger partial charge on any atom is 0.321 e. The molecule has 1 aromatic heterocycles. The predicted molar refractivity (Wildman–Crippen MR) is 109 cm³/mol. The van der Waals surface area contributed by atoms with Crippen molar-refractivity contribution in [2.24, 2.45) is 0 Å². The summed E-state index contributed by atoms with van der Waals surface area (Å²) >= 11 is 0. The first kappa shape index (κ1) is 18.6. The summed E-state index contributed by atoms with van der Waals surface area (Å²) in [6.45, 7) is 1.43. The van der Waals surface area contributed by atoms with Crippen LogP contribution in [0.1, 0.15) is 24.4 Å². The van der Waals surface area contributed by atoms with E-state index < -0.39 is 0 Å². The lowest BCUT2D eigenvalue weighted by atomic mass is 10.1. The van der Waals surface area contributed by atoms with E-state index in [1.807, 2.05) is 17.4 Å². The van der Waals surface area contributed by atoms with E-state index >= 15 is 0 Å². The third-order valence-electron chi connectivity index (χ3n) is 5.00. The second-order valence-electron chi connectivity index (χ2n) is 6.92. The number of anilines is 1. The number of hydrogen-bond acceptors (Lipinski definition) is 4. The highest BCUT2D eigenvalue weighted by Gasteiger charge is 2.23. The predicted octanol–water partition coefficient (Wildman–Crippen LogP) is 4.42. The summed E-state index contributed by atoms with van der Waals surface area (Å²) in [6.07, 6.45) is 7.42. The zero-order valence-electron chi connectivity index (χ0n) is 15.9. The number of nitriles is 1. The number of aromatic nitrogens is 2. The van der Waals surface area contributed by atoms with Crippen LogP contribution in [0.2, 0.25) is 0 Å². The molecule has 0 bridgehead atoms. The molecule has 2 amide bonds. The van der Waals surface area contributed by atoms with Gasteiger partial charge in [-0.05, 0) is 55.3 Å². The van der Waals surface area contributed by atoms with E-state index in [4.69, 9.17) is 10.00 Å². The molecule has 0 atom stereocenters. The molecule has 0 aliphatic carbocycles. The molecular weight excluding hydrogens is 366 g/mol. The van der Waals surface area contributed by atoms with Gasteiger partial charge < -0.3 is 19.5 Å². The van der Waals surface area contributed by atoms with Crippen LogP contribution in [0.3, 0.4) is 0 Å². The van der Waals surface area contributed by atoms with Crippen LogP contribution >= 0.6 is 0 Å². The lowest BCUT2D eigenvalue weighted by Gasteiger charge is -2.32. The Hall–Kier alpha value is -3.79. The SMILES string of the molecule is N#Cc1cccc(Oc2ccc(NC(=O)N3CCC(n4ccnc4)CC3)cc2)c1. The van der Waals surface area contributed by atoms with Gasteiger partial charge in [-0.1, -0.05) is 6.07 Å². The summed E-state index contributed by atoms with van der Waals surface area (Å²) in [5.74, 6) is 1.24. The van der Waals surface area contributed by atoms with E-state index in [1.165, 1.54) is 0 Å². The smallest absolute Gasteiger partial charge is 0.321 e. The van der Waals surface area contributed by atoms with Crippen molar-refractivity contribution in [3.8, 4) is 17.6 Å². The number of likely N-dealkylation sites (tertiary alicyclic amines) is 1. The second kappa shape index (κ2) is 8.48. The first-order chi connectivity index (χ1) is 14.2. The molecular formula is C22H21N5O2. The molecule has 2 heterocycles. The molecule has 1 fully saturated rings. The van der Waals surface area contributed by atoms with Crippen LogP contribution in [0, 0.1) is 11.3 Å². The van der Waals surface area contributed by atoms with Crippen LogP contribution in [0.5, 0.6) is 11.5 Å². The van der Waals surface area contributed by atoms with Crippen LogP contribution in [0.25, 0.3) is 0 Å². The lowest BCUT2D eigenvalue weighted by Crippen LogP contribution is -2.41. The first-order valence-electron chi connectivity index (χ1n) is 9.53. The van der Waals surface area contributed by atoms with Crippen LogP contribution < -0.4 is 10.1 Å². The summed E-state index contributed by atoms with van der Waals surface area (Å²) in [6, 6.07) is 16.6. The number of hydrogen-bond donors (Lipinski definition) is 1. The molecule has 2 aromatic carbocycles. The Morgan fingerprint density at radius 2 is 1.93 bits per heavy atom. The fourth-order valence-corrected chi connectivity index (χ4v) is 3.43. The zero-order chi connectivity index (χ0) is 20.1. The van der Waals surface area contributed by atoms with Crippen molar-refractivity contribution in [1.82, 2.24) is 14.5 Å². The van der Waals surface area contributed by atoms with Gasteiger partial charge in [0.25, 0.3) is 0 Å². The van der Waals surface area contributed by atoms with Crippen molar-refractivity contribution in [3.63, 3.8) is 0 Å². The molecule has 0 unspecified atom stereocenters. The Labute approximate surface area is 169 Å². The molecule has 4 rings (SSSR count). The van der Waals surface area contributed by atoms with Gasteiger partial charge in [-0.3, -0.25) is 0 Å². The third kappa shape index (κ3) is 4.55. The lowest BCUT2D eigenvalue weighted by molar-refractivity contribution is 0.183. The highest BCUT2D eigenvalue weighted by Crippen LogP contribution is 2.25. The maximum atomic E-state index is 12.5. The van der Waals surface area contributed by atoms with Gasteiger partial charge in [0.1, 0.15) is 11.5 Å². The molecule has 29 heavy (non-hydrogen) atoms. The normalized spacial score (nSPS) is 14.2. The van der Waals surface area contributed by atoms with Gasteiger partial charge in [-0.15, -0.1) is 0 Å².